The van der Waals surface area contributed by atoms with Crippen molar-refractivity contribution in [1.82, 2.24) is 4.90 Å². The molecular formula is C26H25N3O4. The van der Waals surface area contributed by atoms with Crippen molar-refractivity contribution in [3.8, 4) is 5.75 Å². The van der Waals surface area contributed by atoms with Gasteiger partial charge in [0, 0.05) is 12.2 Å². The monoisotopic (exact) mass is 443 g/mol. The van der Waals surface area contributed by atoms with Crippen LogP contribution in [0.15, 0.2) is 77.8 Å². The van der Waals surface area contributed by atoms with Crippen LogP contribution in [0.2, 0.25) is 0 Å². The lowest BCUT2D eigenvalue weighted by Crippen LogP contribution is -2.22. The Labute approximate surface area is 192 Å². The molecule has 3 aromatic rings. The topological polar surface area (TPSA) is 91.2 Å². The molecule has 1 aliphatic rings. The van der Waals surface area contributed by atoms with Gasteiger partial charge in [-0.3, -0.25) is 9.79 Å². The van der Waals surface area contributed by atoms with Gasteiger partial charge in [0.2, 0.25) is 5.91 Å². The van der Waals surface area contributed by atoms with Crippen LogP contribution in [0.5, 0.6) is 5.75 Å². The van der Waals surface area contributed by atoms with Gasteiger partial charge in [-0.05, 0) is 67.5 Å². The summed E-state index contributed by atoms with van der Waals surface area (Å²) in [6, 6.07) is 22.3. The molecule has 7 nitrogen and oxygen atoms in total. The van der Waals surface area contributed by atoms with Crippen LogP contribution in [0.3, 0.4) is 0 Å². The van der Waals surface area contributed by atoms with E-state index < -0.39 is 12.1 Å². The van der Waals surface area contributed by atoms with Crippen LogP contribution in [0.25, 0.3) is 0 Å². The molecule has 4 rings (SSSR count). The predicted molar refractivity (Wildman–Crippen MR) is 128 cm³/mol. The van der Waals surface area contributed by atoms with E-state index >= 15 is 0 Å². The minimum atomic E-state index is -1.41. The number of fused-ring (bicyclic) bond motifs is 1. The van der Waals surface area contributed by atoms with E-state index in [9.17, 15) is 9.59 Å². The van der Waals surface area contributed by atoms with Gasteiger partial charge in [0.25, 0.3) is 0 Å². The lowest BCUT2D eigenvalue weighted by Gasteiger charge is -2.15. The van der Waals surface area contributed by atoms with E-state index in [-0.39, 0.29) is 11.7 Å². The van der Waals surface area contributed by atoms with E-state index in [2.05, 4.69) is 10.2 Å². The van der Waals surface area contributed by atoms with Gasteiger partial charge in [-0.15, -0.1) is 0 Å². The SMILES string of the molecule is CN(C)CCc1ccc(N=C(c2ccccc2)C2C(=O)Nc3ccc(OC(=O)O)cc32)cc1. The van der Waals surface area contributed by atoms with Crippen LogP contribution in [-0.4, -0.2) is 48.4 Å². The third-order valence-electron chi connectivity index (χ3n) is 5.44. The maximum absolute atomic E-state index is 13.0. The Kier molecular flexibility index (Phi) is 6.51. The summed E-state index contributed by atoms with van der Waals surface area (Å²) in [6.07, 6.45) is -0.470. The molecule has 0 saturated carbocycles. The molecule has 0 radical (unpaired) electrons. The number of ether oxygens (including phenoxy) is 1. The zero-order valence-electron chi connectivity index (χ0n) is 18.5. The van der Waals surface area contributed by atoms with E-state index in [4.69, 9.17) is 14.8 Å². The fourth-order valence-corrected chi connectivity index (χ4v) is 3.81. The van der Waals surface area contributed by atoms with E-state index in [1.807, 2.05) is 68.7 Å². The second-order valence-electron chi connectivity index (χ2n) is 8.12. The molecule has 2 N–H and O–H groups in total. The van der Waals surface area contributed by atoms with Crippen molar-refractivity contribution >= 4 is 29.1 Å². The molecule has 168 valence electrons. The Hall–Kier alpha value is -3.97. The number of aliphatic imine (C=N–C) groups is 1. The number of likely N-dealkylation sites (N-methyl/N-ethyl adjacent to an activating group) is 1. The third kappa shape index (κ3) is 5.27. The highest BCUT2D eigenvalue weighted by Crippen LogP contribution is 2.38. The molecule has 0 spiro atoms. The second kappa shape index (κ2) is 9.67. The van der Waals surface area contributed by atoms with Gasteiger partial charge in [0.1, 0.15) is 11.7 Å². The number of hydrogen-bond donors (Lipinski definition) is 2. The minimum Gasteiger partial charge on any atom is -0.449 e. The highest BCUT2D eigenvalue weighted by molar-refractivity contribution is 6.24. The number of carboxylic acid groups (broad SMARTS) is 1. The van der Waals surface area contributed by atoms with Crippen molar-refractivity contribution in [2.24, 2.45) is 4.99 Å². The van der Waals surface area contributed by atoms with Crippen molar-refractivity contribution in [3.63, 3.8) is 0 Å². The quantitative estimate of drug-likeness (QED) is 0.314. The van der Waals surface area contributed by atoms with Gasteiger partial charge < -0.3 is 20.1 Å². The predicted octanol–water partition coefficient (Wildman–Crippen LogP) is 4.70. The van der Waals surface area contributed by atoms with E-state index in [1.54, 1.807) is 12.1 Å². The van der Waals surface area contributed by atoms with Crippen LogP contribution in [0.4, 0.5) is 16.2 Å². The number of carbonyl (C=O) groups excluding carboxylic acids is 1. The average Bonchev–Trinajstić information content (AvgIpc) is 3.12. The normalized spacial score (nSPS) is 15.3. The number of nitrogens with one attached hydrogen (secondary N) is 1. The Morgan fingerprint density at radius 1 is 1.06 bits per heavy atom. The van der Waals surface area contributed by atoms with Crippen molar-refractivity contribution in [3.05, 3.63) is 89.5 Å². The molecule has 33 heavy (non-hydrogen) atoms. The molecule has 0 fully saturated rings. The summed E-state index contributed by atoms with van der Waals surface area (Å²) in [6.45, 7) is 0.956. The molecule has 1 aliphatic heterocycles. The summed E-state index contributed by atoms with van der Waals surface area (Å²) < 4.78 is 4.81. The largest absolute Gasteiger partial charge is 0.511 e. The first-order chi connectivity index (χ1) is 15.9. The Morgan fingerprint density at radius 2 is 1.79 bits per heavy atom. The molecule has 1 atom stereocenters. The maximum Gasteiger partial charge on any atom is 0.511 e. The summed E-state index contributed by atoms with van der Waals surface area (Å²) in [5.74, 6) is -0.767. The summed E-state index contributed by atoms with van der Waals surface area (Å²) in [7, 11) is 4.09. The highest BCUT2D eigenvalue weighted by Gasteiger charge is 2.36. The summed E-state index contributed by atoms with van der Waals surface area (Å²) >= 11 is 0. The molecule has 7 heteroatoms. The van der Waals surface area contributed by atoms with Gasteiger partial charge in [0.15, 0.2) is 0 Å². The van der Waals surface area contributed by atoms with Crippen LogP contribution < -0.4 is 10.1 Å². The van der Waals surface area contributed by atoms with Crippen molar-refractivity contribution in [2.75, 3.05) is 26.0 Å². The highest BCUT2D eigenvalue weighted by atomic mass is 16.7. The first-order valence-electron chi connectivity index (χ1n) is 10.6. The van der Waals surface area contributed by atoms with Gasteiger partial charge in [-0.2, -0.15) is 0 Å². The first kappa shape index (κ1) is 22.2. The number of hydrogen-bond acceptors (Lipinski definition) is 5. The van der Waals surface area contributed by atoms with Crippen molar-refractivity contribution in [1.29, 1.82) is 0 Å². The maximum atomic E-state index is 13.0. The molecule has 3 aromatic carbocycles. The Bertz CT molecular complexity index is 1190. The molecular weight excluding hydrogens is 418 g/mol. The zero-order valence-corrected chi connectivity index (χ0v) is 18.5. The number of amides is 1. The van der Waals surface area contributed by atoms with Crippen LogP contribution in [0, 0.1) is 0 Å². The molecule has 0 saturated heterocycles. The minimum absolute atomic E-state index is 0.153. The van der Waals surface area contributed by atoms with Crippen molar-refractivity contribution in [2.45, 2.75) is 12.3 Å². The van der Waals surface area contributed by atoms with Gasteiger partial charge in [-0.1, -0.05) is 42.5 Å². The van der Waals surface area contributed by atoms with E-state index in [1.165, 1.54) is 11.6 Å². The number of nitrogens with zero attached hydrogens (tertiary/aromatic N) is 2. The number of rotatable bonds is 7. The van der Waals surface area contributed by atoms with Crippen LogP contribution in [0.1, 0.15) is 22.6 Å². The molecule has 0 aliphatic carbocycles. The molecule has 1 unspecified atom stereocenters. The Balaban J connectivity index is 1.74. The fraction of sp³-hybridized carbons (Fsp3) is 0.192. The lowest BCUT2D eigenvalue weighted by molar-refractivity contribution is -0.115. The van der Waals surface area contributed by atoms with Crippen LogP contribution in [-0.2, 0) is 11.2 Å². The third-order valence-corrected chi connectivity index (χ3v) is 5.44. The molecule has 0 bridgehead atoms. The summed E-state index contributed by atoms with van der Waals surface area (Å²) in [4.78, 5) is 31.0. The number of carbonyl (C=O) groups is 2. The summed E-state index contributed by atoms with van der Waals surface area (Å²) in [5.41, 5.74) is 4.59. The fourth-order valence-electron chi connectivity index (χ4n) is 3.81. The second-order valence-corrected chi connectivity index (χ2v) is 8.12. The number of anilines is 1. The molecule has 0 aromatic heterocycles. The van der Waals surface area contributed by atoms with Gasteiger partial charge in [0.05, 0.1) is 11.4 Å². The van der Waals surface area contributed by atoms with E-state index in [0.29, 0.717) is 17.0 Å². The summed E-state index contributed by atoms with van der Waals surface area (Å²) in [5, 5.41) is 11.8. The standard InChI is InChI=1S/C26H25N3O4/c1-29(2)15-14-17-8-10-19(11-9-17)27-24(18-6-4-3-5-7-18)23-21-16-20(33-26(31)32)12-13-22(21)28-25(23)30/h3-13,16,23H,14-15H2,1-2H3,(H,28,30)(H,31,32). The van der Waals surface area contributed by atoms with Crippen LogP contribution >= 0.6 is 0 Å². The first-order valence-corrected chi connectivity index (χ1v) is 10.6. The average molecular weight is 444 g/mol. The zero-order chi connectivity index (χ0) is 23.4. The molecule has 1 amide bonds. The van der Waals surface area contributed by atoms with Crippen molar-refractivity contribution < 1.29 is 19.4 Å². The number of benzene rings is 3. The van der Waals surface area contributed by atoms with Gasteiger partial charge in [-0.25, -0.2) is 4.79 Å². The molecule has 1 heterocycles. The smallest absolute Gasteiger partial charge is 0.449 e. The van der Waals surface area contributed by atoms with E-state index in [0.717, 1.165) is 24.2 Å². The lowest BCUT2D eigenvalue weighted by atomic mass is 9.90. The Morgan fingerprint density at radius 3 is 2.45 bits per heavy atom. The van der Waals surface area contributed by atoms with Gasteiger partial charge >= 0.3 is 6.16 Å².